The lowest BCUT2D eigenvalue weighted by atomic mass is 9.99. The van der Waals surface area contributed by atoms with Crippen molar-refractivity contribution in [2.24, 2.45) is 5.16 Å². The Bertz CT molecular complexity index is 725. The molecule has 0 saturated heterocycles. The molecule has 2 aromatic rings. The Morgan fingerprint density at radius 2 is 2.05 bits per heavy atom. The van der Waals surface area contributed by atoms with Crippen molar-refractivity contribution in [3.63, 3.8) is 0 Å². The number of halogens is 1. The molecule has 1 aliphatic rings. The predicted molar refractivity (Wildman–Crippen MR) is 87.9 cm³/mol. The van der Waals surface area contributed by atoms with Crippen LogP contribution in [0, 0.1) is 0 Å². The number of likely N-dealkylation sites (N-methyl/N-ethyl adjacent to an activating group) is 1. The van der Waals surface area contributed by atoms with Gasteiger partial charge in [-0.15, -0.1) is 0 Å². The van der Waals surface area contributed by atoms with Crippen molar-refractivity contribution in [2.45, 2.75) is 13.3 Å². The van der Waals surface area contributed by atoms with Crippen molar-refractivity contribution in [3.8, 4) is 11.1 Å². The van der Waals surface area contributed by atoms with Crippen LogP contribution in [0.2, 0.25) is 5.02 Å². The van der Waals surface area contributed by atoms with Crippen molar-refractivity contribution < 1.29 is 5.21 Å². The molecular formula is C17H17ClN2O. The maximum absolute atomic E-state index is 8.92. The Kier molecular flexibility index (Phi) is 3.60. The van der Waals surface area contributed by atoms with Gasteiger partial charge in [0.05, 0.1) is 5.71 Å². The van der Waals surface area contributed by atoms with Crippen LogP contribution in [0.1, 0.15) is 18.1 Å². The predicted octanol–water partition coefficient (Wildman–Crippen LogP) is 4.20. The Morgan fingerprint density at radius 1 is 1.24 bits per heavy atom. The first-order chi connectivity index (χ1) is 10.1. The second-order valence-corrected chi connectivity index (χ2v) is 5.80. The molecule has 0 aliphatic carbocycles. The van der Waals surface area contributed by atoms with E-state index >= 15 is 0 Å². The van der Waals surface area contributed by atoms with Gasteiger partial charge in [0, 0.05) is 29.9 Å². The van der Waals surface area contributed by atoms with Gasteiger partial charge < -0.3 is 10.1 Å². The lowest BCUT2D eigenvalue weighted by molar-refractivity contribution is 0.319. The average Bonchev–Trinajstić information content (AvgIpc) is 2.88. The number of hydrogen-bond donors (Lipinski definition) is 1. The molecule has 0 fully saturated rings. The molecule has 3 rings (SSSR count). The summed E-state index contributed by atoms with van der Waals surface area (Å²) in [5, 5.41) is 12.9. The summed E-state index contributed by atoms with van der Waals surface area (Å²) in [6, 6.07) is 12.1. The normalized spacial score (nSPS) is 14.4. The van der Waals surface area contributed by atoms with E-state index in [-0.39, 0.29) is 0 Å². The van der Waals surface area contributed by atoms with E-state index in [1.807, 2.05) is 18.2 Å². The van der Waals surface area contributed by atoms with Crippen LogP contribution >= 0.6 is 11.6 Å². The van der Waals surface area contributed by atoms with Gasteiger partial charge in [-0.2, -0.15) is 0 Å². The molecule has 21 heavy (non-hydrogen) atoms. The summed E-state index contributed by atoms with van der Waals surface area (Å²) in [5.74, 6) is 0. The molecule has 108 valence electrons. The Labute approximate surface area is 129 Å². The monoisotopic (exact) mass is 300 g/mol. The second-order valence-electron chi connectivity index (χ2n) is 5.40. The summed E-state index contributed by atoms with van der Waals surface area (Å²) >= 11 is 6.35. The van der Waals surface area contributed by atoms with Crippen molar-refractivity contribution in [3.05, 3.63) is 52.5 Å². The van der Waals surface area contributed by atoms with Gasteiger partial charge >= 0.3 is 0 Å². The fourth-order valence-electron chi connectivity index (χ4n) is 2.76. The average molecular weight is 301 g/mol. The van der Waals surface area contributed by atoms with E-state index in [0.29, 0.717) is 10.7 Å². The maximum atomic E-state index is 8.92. The summed E-state index contributed by atoms with van der Waals surface area (Å²) in [6.07, 6.45) is 1.06. The summed E-state index contributed by atoms with van der Waals surface area (Å²) < 4.78 is 0. The molecule has 2 aromatic carbocycles. The van der Waals surface area contributed by atoms with E-state index in [4.69, 9.17) is 16.8 Å². The van der Waals surface area contributed by atoms with Gasteiger partial charge in [0.1, 0.15) is 0 Å². The lowest BCUT2D eigenvalue weighted by Crippen LogP contribution is -2.12. The third-order valence-electron chi connectivity index (χ3n) is 4.05. The van der Waals surface area contributed by atoms with Gasteiger partial charge in [0.15, 0.2) is 0 Å². The third kappa shape index (κ3) is 2.49. The largest absolute Gasteiger partial charge is 0.411 e. The van der Waals surface area contributed by atoms with Crippen LogP contribution in [0.4, 0.5) is 5.69 Å². The summed E-state index contributed by atoms with van der Waals surface area (Å²) in [5.41, 5.74) is 6.16. The van der Waals surface area contributed by atoms with Crippen molar-refractivity contribution in [2.75, 3.05) is 18.5 Å². The molecule has 0 atom stereocenters. The minimum Gasteiger partial charge on any atom is -0.411 e. The molecule has 1 heterocycles. The zero-order valence-electron chi connectivity index (χ0n) is 12.1. The summed E-state index contributed by atoms with van der Waals surface area (Å²) in [6.45, 7) is 2.83. The molecule has 0 unspecified atom stereocenters. The van der Waals surface area contributed by atoms with Gasteiger partial charge in [-0.3, -0.25) is 0 Å². The molecule has 0 radical (unpaired) electrons. The van der Waals surface area contributed by atoms with Crippen LogP contribution in [0.15, 0.2) is 41.6 Å². The van der Waals surface area contributed by atoms with Crippen molar-refractivity contribution in [1.82, 2.24) is 0 Å². The number of nitrogens with zero attached hydrogens (tertiary/aromatic N) is 2. The quantitative estimate of drug-likeness (QED) is 0.512. The topological polar surface area (TPSA) is 35.8 Å². The molecule has 0 aromatic heterocycles. The minimum absolute atomic E-state index is 0.578. The first-order valence-corrected chi connectivity index (χ1v) is 7.31. The summed E-state index contributed by atoms with van der Waals surface area (Å²) in [4.78, 5) is 2.26. The van der Waals surface area contributed by atoms with E-state index in [9.17, 15) is 0 Å². The van der Waals surface area contributed by atoms with Gasteiger partial charge in [0.2, 0.25) is 0 Å². The van der Waals surface area contributed by atoms with Crippen LogP contribution in [-0.4, -0.2) is 24.5 Å². The minimum atomic E-state index is 0.578. The maximum Gasteiger partial charge on any atom is 0.0837 e. The fourth-order valence-corrected chi connectivity index (χ4v) is 2.99. The molecule has 4 heteroatoms. The zero-order valence-corrected chi connectivity index (χ0v) is 12.9. The molecule has 1 N–H and O–H groups in total. The Morgan fingerprint density at radius 3 is 2.81 bits per heavy atom. The number of benzene rings is 2. The molecule has 3 nitrogen and oxygen atoms in total. The highest BCUT2D eigenvalue weighted by molar-refractivity contribution is 6.33. The van der Waals surface area contributed by atoms with E-state index < -0.39 is 0 Å². The third-order valence-corrected chi connectivity index (χ3v) is 4.38. The Hall–Kier alpha value is -2.00. The number of fused-ring (bicyclic) bond motifs is 1. The van der Waals surface area contributed by atoms with Gasteiger partial charge in [-0.25, -0.2) is 0 Å². The molecule has 0 spiro atoms. The summed E-state index contributed by atoms with van der Waals surface area (Å²) in [7, 11) is 2.11. The van der Waals surface area contributed by atoms with Gasteiger partial charge in [-0.05, 0) is 54.3 Å². The molecular weight excluding hydrogens is 284 g/mol. The van der Waals surface area contributed by atoms with Crippen LogP contribution < -0.4 is 4.90 Å². The lowest BCUT2D eigenvalue weighted by Gasteiger charge is -2.13. The zero-order chi connectivity index (χ0) is 15.0. The number of oxime groups is 1. The van der Waals surface area contributed by atoms with Crippen LogP contribution in [-0.2, 0) is 6.42 Å². The number of hydrogen-bond acceptors (Lipinski definition) is 3. The highest BCUT2D eigenvalue weighted by atomic mass is 35.5. The highest BCUT2D eigenvalue weighted by Gasteiger charge is 2.17. The molecule has 0 bridgehead atoms. The van der Waals surface area contributed by atoms with Gasteiger partial charge in [-0.1, -0.05) is 28.9 Å². The highest BCUT2D eigenvalue weighted by Crippen LogP contribution is 2.34. The van der Waals surface area contributed by atoms with Crippen molar-refractivity contribution in [1.29, 1.82) is 0 Å². The fraction of sp³-hybridized carbons (Fsp3) is 0.235. The molecule has 1 aliphatic heterocycles. The van der Waals surface area contributed by atoms with Gasteiger partial charge in [0.25, 0.3) is 0 Å². The van der Waals surface area contributed by atoms with E-state index in [1.165, 1.54) is 11.3 Å². The van der Waals surface area contributed by atoms with Crippen LogP contribution in [0.5, 0.6) is 0 Å². The number of rotatable bonds is 2. The second kappa shape index (κ2) is 5.41. The SMILES string of the molecule is C/C(=N\O)c1ccc(Cl)c(-c2ccc3c(c2)CCN3C)c1. The first-order valence-electron chi connectivity index (χ1n) is 6.93. The van der Waals surface area contributed by atoms with E-state index in [1.54, 1.807) is 6.92 Å². The molecule has 0 saturated carbocycles. The van der Waals surface area contributed by atoms with Crippen molar-refractivity contribution >= 4 is 23.0 Å². The van der Waals surface area contributed by atoms with E-state index in [2.05, 4.69) is 35.3 Å². The van der Waals surface area contributed by atoms with Crippen LogP contribution in [0.3, 0.4) is 0 Å². The van der Waals surface area contributed by atoms with E-state index in [0.717, 1.165) is 29.7 Å². The standard InChI is InChI=1S/C17H17ClN2O/c1-11(19-21)12-3-5-16(18)15(10-12)13-4-6-17-14(9-13)7-8-20(17)2/h3-6,9-10,21H,7-8H2,1-2H3/b19-11+. The van der Waals surface area contributed by atoms with Crippen LogP contribution in [0.25, 0.3) is 11.1 Å². The number of anilines is 1. The molecule has 0 amide bonds. The smallest absolute Gasteiger partial charge is 0.0837 e. The Balaban J connectivity index is 2.08. The first kappa shape index (κ1) is 14.0.